The van der Waals surface area contributed by atoms with Crippen LogP contribution in [0.5, 0.6) is 0 Å². The molecule has 2 aromatic rings. The van der Waals surface area contributed by atoms with Crippen molar-refractivity contribution < 1.29 is 0 Å². The van der Waals surface area contributed by atoms with Crippen LogP contribution in [0.15, 0.2) is 18.5 Å². The zero-order chi connectivity index (χ0) is 10.4. The van der Waals surface area contributed by atoms with Crippen LogP contribution in [0.4, 0.5) is 0 Å². The lowest BCUT2D eigenvalue weighted by atomic mass is 10.4. The maximum absolute atomic E-state index is 6.15. The Bertz CT molecular complexity index is 500. The van der Waals surface area contributed by atoms with Crippen LogP contribution in [0.3, 0.4) is 0 Å². The molecule has 0 amide bonds. The number of aromatic nitrogens is 3. The Balaban J connectivity index is 2.28. The smallest absolute Gasteiger partial charge is 0.128 e. The molecule has 3 nitrogen and oxygen atoms in total. The number of pyridine rings is 1. The van der Waals surface area contributed by atoms with Crippen LogP contribution in [0.2, 0.25) is 0 Å². The van der Waals surface area contributed by atoms with E-state index in [0.29, 0.717) is 6.04 Å². The highest BCUT2D eigenvalue weighted by Crippen LogP contribution is 2.40. The lowest BCUT2D eigenvalue weighted by molar-refractivity contribution is 0.700. The summed E-state index contributed by atoms with van der Waals surface area (Å²) in [4.78, 5) is 8.63. The minimum absolute atomic E-state index is 0.0435. The molecule has 3 rings (SSSR count). The Morgan fingerprint density at radius 2 is 2.33 bits per heavy atom. The first-order valence-corrected chi connectivity index (χ1v) is 5.67. The fourth-order valence-electron chi connectivity index (χ4n) is 1.97. The molecule has 0 bridgehead atoms. The van der Waals surface area contributed by atoms with Gasteiger partial charge in [0.15, 0.2) is 0 Å². The molecular weight excluding hydrogens is 210 g/mol. The van der Waals surface area contributed by atoms with Gasteiger partial charge in [0.1, 0.15) is 11.3 Å². The van der Waals surface area contributed by atoms with Gasteiger partial charge in [-0.1, -0.05) is 0 Å². The molecule has 2 aromatic heterocycles. The van der Waals surface area contributed by atoms with Gasteiger partial charge in [0.05, 0.1) is 17.1 Å². The van der Waals surface area contributed by atoms with Crippen LogP contribution in [0, 0.1) is 0 Å². The van der Waals surface area contributed by atoms with Gasteiger partial charge in [-0.3, -0.25) is 4.98 Å². The number of alkyl halides is 1. The van der Waals surface area contributed by atoms with E-state index in [1.165, 1.54) is 12.8 Å². The van der Waals surface area contributed by atoms with Crippen LogP contribution in [0.25, 0.3) is 11.0 Å². The number of hydrogen-bond acceptors (Lipinski definition) is 2. The predicted molar refractivity (Wildman–Crippen MR) is 60.1 cm³/mol. The molecule has 0 saturated heterocycles. The highest BCUT2D eigenvalue weighted by Gasteiger charge is 2.29. The molecule has 0 aliphatic heterocycles. The van der Waals surface area contributed by atoms with Gasteiger partial charge in [0.2, 0.25) is 0 Å². The van der Waals surface area contributed by atoms with Crippen molar-refractivity contribution in [3.63, 3.8) is 0 Å². The summed E-state index contributed by atoms with van der Waals surface area (Å²) in [5, 5.41) is -0.0435. The maximum Gasteiger partial charge on any atom is 0.128 e. The molecule has 2 heterocycles. The second-order valence-corrected chi connectivity index (χ2v) is 4.71. The molecule has 4 heteroatoms. The maximum atomic E-state index is 6.15. The standard InChI is InChI=1S/C11H12ClN3/c1-7(12)11-14-9-6-13-5-4-10(9)15(11)8-2-3-8/h4-8H,2-3H2,1H3/t7-/m0/s1. The normalized spacial score (nSPS) is 18.3. The van der Waals surface area contributed by atoms with Crippen molar-refractivity contribution in [3.8, 4) is 0 Å². The van der Waals surface area contributed by atoms with Crippen molar-refractivity contribution in [2.45, 2.75) is 31.2 Å². The van der Waals surface area contributed by atoms with Gasteiger partial charge in [-0.2, -0.15) is 0 Å². The Hall–Kier alpha value is -1.09. The number of imidazole rings is 1. The number of nitrogens with zero attached hydrogens (tertiary/aromatic N) is 3. The predicted octanol–water partition coefficient (Wildman–Crippen LogP) is 3.07. The first kappa shape index (κ1) is 9.16. The third-order valence-electron chi connectivity index (χ3n) is 2.79. The molecule has 1 saturated carbocycles. The van der Waals surface area contributed by atoms with E-state index < -0.39 is 0 Å². The topological polar surface area (TPSA) is 30.7 Å². The highest BCUT2D eigenvalue weighted by atomic mass is 35.5. The zero-order valence-corrected chi connectivity index (χ0v) is 9.28. The summed E-state index contributed by atoms with van der Waals surface area (Å²) in [6, 6.07) is 2.62. The molecular formula is C11H12ClN3. The number of fused-ring (bicyclic) bond motifs is 1. The second-order valence-electron chi connectivity index (χ2n) is 4.05. The fourth-order valence-corrected chi connectivity index (χ4v) is 2.12. The summed E-state index contributed by atoms with van der Waals surface area (Å²) in [5.41, 5.74) is 2.11. The molecule has 0 aromatic carbocycles. The van der Waals surface area contributed by atoms with Crippen LogP contribution in [-0.2, 0) is 0 Å². The van der Waals surface area contributed by atoms with Crippen molar-refractivity contribution in [2.24, 2.45) is 0 Å². The van der Waals surface area contributed by atoms with Crippen molar-refractivity contribution in [2.75, 3.05) is 0 Å². The Morgan fingerprint density at radius 3 is 3.00 bits per heavy atom. The molecule has 0 radical (unpaired) electrons. The van der Waals surface area contributed by atoms with Crippen LogP contribution in [0.1, 0.15) is 37.0 Å². The molecule has 15 heavy (non-hydrogen) atoms. The van der Waals surface area contributed by atoms with E-state index in [2.05, 4.69) is 14.5 Å². The Labute approximate surface area is 93.1 Å². The van der Waals surface area contributed by atoms with Gasteiger partial charge in [-0.15, -0.1) is 11.6 Å². The summed E-state index contributed by atoms with van der Waals surface area (Å²) in [7, 11) is 0. The van der Waals surface area contributed by atoms with E-state index in [-0.39, 0.29) is 5.38 Å². The van der Waals surface area contributed by atoms with Crippen molar-refractivity contribution in [3.05, 3.63) is 24.3 Å². The van der Waals surface area contributed by atoms with E-state index in [4.69, 9.17) is 11.6 Å². The van der Waals surface area contributed by atoms with E-state index in [0.717, 1.165) is 16.9 Å². The largest absolute Gasteiger partial charge is 0.324 e. The Kier molecular flexibility index (Phi) is 1.96. The number of halogens is 1. The van der Waals surface area contributed by atoms with Gasteiger partial charge >= 0.3 is 0 Å². The Morgan fingerprint density at radius 1 is 1.53 bits per heavy atom. The second kappa shape index (κ2) is 3.20. The lowest BCUT2D eigenvalue weighted by Gasteiger charge is -2.08. The van der Waals surface area contributed by atoms with Crippen LogP contribution >= 0.6 is 11.6 Å². The van der Waals surface area contributed by atoms with Crippen molar-refractivity contribution in [1.82, 2.24) is 14.5 Å². The highest BCUT2D eigenvalue weighted by molar-refractivity contribution is 6.20. The molecule has 0 unspecified atom stereocenters. The van der Waals surface area contributed by atoms with Crippen LogP contribution < -0.4 is 0 Å². The number of hydrogen-bond donors (Lipinski definition) is 0. The first-order chi connectivity index (χ1) is 7.27. The molecule has 1 aliphatic carbocycles. The summed E-state index contributed by atoms with van der Waals surface area (Å²) in [6.07, 6.45) is 6.09. The minimum atomic E-state index is -0.0435. The summed E-state index contributed by atoms with van der Waals surface area (Å²) < 4.78 is 2.27. The van der Waals surface area contributed by atoms with E-state index in [1.54, 1.807) is 6.20 Å². The molecule has 1 aliphatic rings. The molecule has 1 atom stereocenters. The monoisotopic (exact) mass is 221 g/mol. The SMILES string of the molecule is C[C@H](Cl)c1nc2cnccc2n1C1CC1. The van der Waals surface area contributed by atoms with Crippen molar-refractivity contribution in [1.29, 1.82) is 0 Å². The van der Waals surface area contributed by atoms with Gasteiger partial charge in [0, 0.05) is 12.2 Å². The molecule has 1 fully saturated rings. The fraction of sp³-hybridized carbons (Fsp3) is 0.455. The number of rotatable bonds is 2. The van der Waals surface area contributed by atoms with E-state index in [1.807, 2.05) is 19.2 Å². The van der Waals surface area contributed by atoms with Gasteiger partial charge in [0.25, 0.3) is 0 Å². The molecule has 0 spiro atoms. The van der Waals surface area contributed by atoms with E-state index in [9.17, 15) is 0 Å². The average molecular weight is 222 g/mol. The zero-order valence-electron chi connectivity index (χ0n) is 8.52. The molecule has 78 valence electrons. The van der Waals surface area contributed by atoms with E-state index >= 15 is 0 Å². The van der Waals surface area contributed by atoms with Gasteiger partial charge in [-0.25, -0.2) is 4.98 Å². The summed E-state index contributed by atoms with van der Waals surface area (Å²) in [5.74, 6) is 0.974. The van der Waals surface area contributed by atoms with Gasteiger partial charge in [-0.05, 0) is 25.8 Å². The lowest BCUT2D eigenvalue weighted by Crippen LogP contribution is -2.01. The van der Waals surface area contributed by atoms with Crippen LogP contribution in [-0.4, -0.2) is 14.5 Å². The average Bonchev–Trinajstić information content (AvgIpc) is 2.98. The molecule has 0 N–H and O–H groups in total. The third-order valence-corrected chi connectivity index (χ3v) is 2.98. The van der Waals surface area contributed by atoms with Crippen molar-refractivity contribution >= 4 is 22.6 Å². The summed E-state index contributed by atoms with van der Waals surface area (Å²) in [6.45, 7) is 1.97. The minimum Gasteiger partial charge on any atom is -0.324 e. The third kappa shape index (κ3) is 1.42. The first-order valence-electron chi connectivity index (χ1n) is 5.23. The van der Waals surface area contributed by atoms with Gasteiger partial charge < -0.3 is 4.57 Å². The quantitative estimate of drug-likeness (QED) is 0.730. The summed E-state index contributed by atoms with van der Waals surface area (Å²) >= 11 is 6.15.